The fraction of sp³-hybridized carbons (Fsp3) is 0.462. The first kappa shape index (κ1) is 11.7. The van der Waals surface area contributed by atoms with E-state index in [0.29, 0.717) is 12.0 Å². The van der Waals surface area contributed by atoms with Crippen LogP contribution < -0.4 is 5.73 Å². The van der Waals surface area contributed by atoms with Gasteiger partial charge in [0.1, 0.15) is 6.07 Å². The molecule has 2 rings (SSSR count). The van der Waals surface area contributed by atoms with Gasteiger partial charge in [-0.3, -0.25) is 0 Å². The molecule has 2 aliphatic rings. The van der Waals surface area contributed by atoms with Crippen LogP contribution in [0.25, 0.3) is 0 Å². The van der Waals surface area contributed by atoms with Gasteiger partial charge in [-0.2, -0.15) is 5.26 Å². The van der Waals surface area contributed by atoms with Crippen LogP contribution >= 0.6 is 0 Å². The van der Waals surface area contributed by atoms with Crippen molar-refractivity contribution in [1.82, 2.24) is 4.90 Å². The minimum atomic E-state index is -0.201. The molecule has 0 radical (unpaired) electrons. The maximum atomic E-state index is 9.49. The van der Waals surface area contributed by atoms with Crippen molar-refractivity contribution >= 4 is 0 Å². The molecule has 0 aromatic heterocycles. The zero-order valence-corrected chi connectivity index (χ0v) is 9.76. The van der Waals surface area contributed by atoms with Crippen LogP contribution in [0, 0.1) is 11.3 Å². The Bertz CT molecular complexity index is 420. The largest absolute Gasteiger partial charge is 0.402 e. The summed E-state index contributed by atoms with van der Waals surface area (Å²) in [6.07, 6.45) is 7.59. The third-order valence-electron chi connectivity index (χ3n) is 3.20. The van der Waals surface area contributed by atoms with Gasteiger partial charge in [0.15, 0.2) is 0 Å². The van der Waals surface area contributed by atoms with Crippen LogP contribution in [0.1, 0.15) is 19.3 Å². The SMILES string of the molecule is N#CC1=CCC(N)=CC=C1N1CCC(O)CC1. The van der Waals surface area contributed by atoms with Crippen molar-refractivity contribution < 1.29 is 5.11 Å². The van der Waals surface area contributed by atoms with E-state index in [1.165, 1.54) is 0 Å². The first-order valence-corrected chi connectivity index (χ1v) is 5.90. The molecule has 1 saturated heterocycles. The molecule has 0 amide bonds. The van der Waals surface area contributed by atoms with Gasteiger partial charge in [-0.05, 0) is 25.0 Å². The van der Waals surface area contributed by atoms with Gasteiger partial charge in [-0.15, -0.1) is 0 Å². The van der Waals surface area contributed by atoms with E-state index in [-0.39, 0.29) is 6.10 Å². The predicted octanol–water partition coefficient (Wildman–Crippen LogP) is 1.02. The third kappa shape index (κ3) is 2.69. The lowest BCUT2D eigenvalue weighted by Gasteiger charge is -2.32. The number of likely N-dealkylation sites (tertiary alicyclic amines) is 1. The topological polar surface area (TPSA) is 73.3 Å². The molecular weight excluding hydrogens is 214 g/mol. The highest BCUT2D eigenvalue weighted by molar-refractivity contribution is 5.45. The van der Waals surface area contributed by atoms with Crippen molar-refractivity contribution in [3.8, 4) is 6.07 Å². The van der Waals surface area contributed by atoms with Gasteiger partial charge in [0.05, 0.1) is 17.4 Å². The number of aliphatic hydroxyl groups excluding tert-OH is 1. The highest BCUT2D eigenvalue weighted by atomic mass is 16.3. The van der Waals surface area contributed by atoms with Crippen LogP contribution in [0.15, 0.2) is 35.2 Å². The molecule has 4 heteroatoms. The van der Waals surface area contributed by atoms with Crippen LogP contribution in [-0.2, 0) is 0 Å². The Kier molecular flexibility index (Phi) is 3.50. The first-order chi connectivity index (χ1) is 8.20. The Hall–Kier alpha value is -1.73. The van der Waals surface area contributed by atoms with E-state index in [2.05, 4.69) is 11.0 Å². The summed E-state index contributed by atoms with van der Waals surface area (Å²) >= 11 is 0. The molecule has 1 aliphatic heterocycles. The molecule has 90 valence electrons. The number of aliphatic hydroxyl groups is 1. The normalized spacial score (nSPS) is 22.1. The highest BCUT2D eigenvalue weighted by Gasteiger charge is 2.21. The monoisotopic (exact) mass is 231 g/mol. The number of hydrogen-bond donors (Lipinski definition) is 2. The summed E-state index contributed by atoms with van der Waals surface area (Å²) in [6.45, 7) is 1.58. The molecule has 0 spiro atoms. The molecule has 0 aromatic carbocycles. The van der Waals surface area contributed by atoms with Crippen molar-refractivity contribution in [1.29, 1.82) is 5.26 Å². The van der Waals surface area contributed by atoms with Gasteiger partial charge in [0, 0.05) is 25.2 Å². The zero-order chi connectivity index (χ0) is 12.3. The van der Waals surface area contributed by atoms with E-state index in [1.807, 2.05) is 18.2 Å². The quantitative estimate of drug-likeness (QED) is 0.706. The van der Waals surface area contributed by atoms with Crippen LogP contribution in [0.4, 0.5) is 0 Å². The van der Waals surface area contributed by atoms with E-state index in [0.717, 1.165) is 37.3 Å². The first-order valence-electron chi connectivity index (χ1n) is 5.90. The lowest BCUT2D eigenvalue weighted by molar-refractivity contribution is 0.0983. The zero-order valence-electron chi connectivity index (χ0n) is 9.76. The van der Waals surface area contributed by atoms with Gasteiger partial charge in [-0.1, -0.05) is 6.08 Å². The molecule has 0 bridgehead atoms. The molecule has 0 atom stereocenters. The van der Waals surface area contributed by atoms with E-state index < -0.39 is 0 Å². The standard InChI is InChI=1S/C13H17N3O/c14-9-10-1-2-11(15)3-4-13(10)16-7-5-12(17)6-8-16/h1,3-4,12,17H,2,5-8,15H2. The van der Waals surface area contributed by atoms with Gasteiger partial charge in [0.25, 0.3) is 0 Å². The predicted molar refractivity (Wildman–Crippen MR) is 65.5 cm³/mol. The number of rotatable bonds is 1. The summed E-state index contributed by atoms with van der Waals surface area (Å²) in [6, 6.07) is 2.22. The van der Waals surface area contributed by atoms with E-state index in [1.54, 1.807) is 0 Å². The number of hydrogen-bond acceptors (Lipinski definition) is 4. The van der Waals surface area contributed by atoms with E-state index in [9.17, 15) is 5.11 Å². The number of nitrogens with two attached hydrogens (primary N) is 1. The fourth-order valence-electron chi connectivity index (χ4n) is 2.15. The minimum Gasteiger partial charge on any atom is -0.402 e. The highest BCUT2D eigenvalue weighted by Crippen LogP contribution is 2.23. The van der Waals surface area contributed by atoms with Crippen molar-refractivity contribution in [3.05, 3.63) is 35.2 Å². The van der Waals surface area contributed by atoms with Crippen molar-refractivity contribution in [3.63, 3.8) is 0 Å². The minimum absolute atomic E-state index is 0.201. The molecular formula is C13H17N3O. The third-order valence-corrected chi connectivity index (χ3v) is 3.20. The molecule has 1 heterocycles. The van der Waals surface area contributed by atoms with Crippen molar-refractivity contribution in [2.75, 3.05) is 13.1 Å². The molecule has 17 heavy (non-hydrogen) atoms. The molecule has 1 fully saturated rings. The Morgan fingerprint density at radius 3 is 2.71 bits per heavy atom. The summed E-state index contributed by atoms with van der Waals surface area (Å²) in [7, 11) is 0. The molecule has 4 nitrogen and oxygen atoms in total. The molecule has 3 N–H and O–H groups in total. The fourth-order valence-corrected chi connectivity index (χ4v) is 2.15. The van der Waals surface area contributed by atoms with Gasteiger partial charge < -0.3 is 15.7 Å². The number of allylic oxidation sites excluding steroid dienone is 4. The van der Waals surface area contributed by atoms with Gasteiger partial charge in [-0.25, -0.2) is 0 Å². The van der Waals surface area contributed by atoms with E-state index in [4.69, 9.17) is 11.0 Å². The van der Waals surface area contributed by atoms with E-state index >= 15 is 0 Å². The number of nitrogens with zero attached hydrogens (tertiary/aromatic N) is 2. The second kappa shape index (κ2) is 5.07. The molecule has 0 unspecified atom stereocenters. The van der Waals surface area contributed by atoms with Crippen molar-refractivity contribution in [2.45, 2.75) is 25.4 Å². The number of nitriles is 1. The number of piperidine rings is 1. The Morgan fingerprint density at radius 2 is 2.06 bits per heavy atom. The van der Waals surface area contributed by atoms with Gasteiger partial charge >= 0.3 is 0 Å². The van der Waals surface area contributed by atoms with Crippen molar-refractivity contribution in [2.24, 2.45) is 5.73 Å². The summed E-state index contributed by atoms with van der Waals surface area (Å²) in [4.78, 5) is 2.15. The smallest absolute Gasteiger partial charge is 0.101 e. The Morgan fingerprint density at radius 1 is 1.35 bits per heavy atom. The Labute approximate surface area is 101 Å². The molecule has 0 saturated carbocycles. The maximum Gasteiger partial charge on any atom is 0.101 e. The van der Waals surface area contributed by atoms with Crippen LogP contribution in [0.5, 0.6) is 0 Å². The molecule has 1 aliphatic carbocycles. The van der Waals surface area contributed by atoms with Crippen LogP contribution in [0.3, 0.4) is 0 Å². The average molecular weight is 231 g/mol. The summed E-state index contributed by atoms with van der Waals surface area (Å²) in [5.74, 6) is 0. The molecule has 0 aromatic rings. The van der Waals surface area contributed by atoms with Gasteiger partial charge in [0.2, 0.25) is 0 Å². The lowest BCUT2D eigenvalue weighted by atomic mass is 10.0. The lowest BCUT2D eigenvalue weighted by Crippen LogP contribution is -2.35. The summed E-state index contributed by atoms with van der Waals surface area (Å²) < 4.78 is 0. The Balaban J connectivity index is 2.20. The summed E-state index contributed by atoms with van der Waals surface area (Å²) in [5, 5.41) is 18.6. The maximum absolute atomic E-state index is 9.49. The van der Waals surface area contributed by atoms with Crippen LogP contribution in [-0.4, -0.2) is 29.2 Å². The summed E-state index contributed by atoms with van der Waals surface area (Å²) in [5.41, 5.74) is 8.15. The average Bonchev–Trinajstić information content (AvgIpc) is 2.52. The second-order valence-electron chi connectivity index (χ2n) is 4.45. The second-order valence-corrected chi connectivity index (χ2v) is 4.45. The van der Waals surface area contributed by atoms with Crippen LogP contribution in [0.2, 0.25) is 0 Å².